The largest absolute Gasteiger partial charge is 0.481 e. The lowest BCUT2D eigenvalue weighted by Crippen LogP contribution is -2.15. The van der Waals surface area contributed by atoms with Crippen LogP contribution in [0.2, 0.25) is 5.02 Å². The predicted molar refractivity (Wildman–Crippen MR) is 111 cm³/mol. The third-order valence-corrected chi connectivity index (χ3v) is 5.56. The summed E-state index contributed by atoms with van der Waals surface area (Å²) in [6.07, 6.45) is 0.0665. The fraction of sp³-hybridized carbons (Fsp3) is 0.286. The number of aliphatic carboxylic acids is 1. The van der Waals surface area contributed by atoms with Crippen molar-refractivity contribution < 1.29 is 18.3 Å². The van der Waals surface area contributed by atoms with Gasteiger partial charge in [0.1, 0.15) is 0 Å². The van der Waals surface area contributed by atoms with Crippen molar-refractivity contribution in [2.45, 2.75) is 43.9 Å². The molecule has 0 spiro atoms. The zero-order valence-corrected chi connectivity index (χ0v) is 17.5. The van der Waals surface area contributed by atoms with E-state index in [1.165, 1.54) is 12.1 Å². The first-order chi connectivity index (χ1) is 13.0. The molecule has 7 heteroatoms. The van der Waals surface area contributed by atoms with E-state index in [1.807, 2.05) is 0 Å². The molecule has 0 aliphatic heterocycles. The van der Waals surface area contributed by atoms with Gasteiger partial charge in [0.2, 0.25) is 0 Å². The Labute approximate surface area is 170 Å². The quantitative estimate of drug-likeness (QED) is 0.690. The number of anilines is 1. The highest BCUT2D eigenvalue weighted by molar-refractivity contribution is 7.92. The molecule has 0 atom stereocenters. The normalized spacial score (nSPS) is 11.4. The van der Waals surface area contributed by atoms with Gasteiger partial charge in [0.25, 0.3) is 10.0 Å². The van der Waals surface area contributed by atoms with Gasteiger partial charge in [-0.05, 0) is 41.3 Å². The molecule has 2 aromatic rings. The van der Waals surface area contributed by atoms with E-state index < -0.39 is 16.0 Å². The van der Waals surface area contributed by atoms with Gasteiger partial charge in [-0.15, -0.1) is 0 Å². The Hall–Kier alpha value is -2.49. The average Bonchev–Trinajstić information content (AvgIpc) is 2.60. The molecular formula is C21H22ClNO4S. The third kappa shape index (κ3) is 6.01. The topological polar surface area (TPSA) is 83.5 Å². The molecule has 148 valence electrons. The first-order valence-electron chi connectivity index (χ1n) is 8.62. The predicted octanol–water partition coefficient (Wildman–Crippen LogP) is 4.65. The molecule has 0 aliphatic rings. The molecule has 2 aromatic carbocycles. The van der Waals surface area contributed by atoms with Gasteiger partial charge in [-0.25, -0.2) is 8.42 Å². The molecule has 0 saturated carbocycles. The van der Waals surface area contributed by atoms with E-state index >= 15 is 0 Å². The first-order valence-corrected chi connectivity index (χ1v) is 10.5. The number of benzene rings is 2. The fourth-order valence-corrected chi connectivity index (χ4v) is 3.63. The minimum atomic E-state index is -3.81. The van der Waals surface area contributed by atoms with Crippen molar-refractivity contribution in [3.05, 3.63) is 58.6 Å². The minimum absolute atomic E-state index is 0.0788. The van der Waals surface area contributed by atoms with Crippen molar-refractivity contribution in [1.29, 1.82) is 0 Å². The summed E-state index contributed by atoms with van der Waals surface area (Å²) in [5, 5.41) is 9.08. The zero-order chi connectivity index (χ0) is 20.9. The van der Waals surface area contributed by atoms with Gasteiger partial charge >= 0.3 is 5.97 Å². The summed E-state index contributed by atoms with van der Waals surface area (Å²) in [6, 6.07) is 11.4. The fourth-order valence-electron chi connectivity index (χ4n) is 2.37. The number of carboxylic acid groups (broad SMARTS) is 1. The summed E-state index contributed by atoms with van der Waals surface area (Å²) >= 11 is 5.99. The Bertz CT molecular complexity index is 1030. The summed E-state index contributed by atoms with van der Waals surface area (Å²) in [5.74, 6) is 4.57. The van der Waals surface area contributed by atoms with Crippen molar-refractivity contribution >= 4 is 33.3 Å². The number of rotatable bonds is 5. The molecule has 2 rings (SSSR count). The van der Waals surface area contributed by atoms with Crippen molar-refractivity contribution in [3.8, 4) is 11.8 Å². The molecule has 0 amide bonds. The SMILES string of the molecule is CC(C)(C)c1ccc(S(=O)(=O)Nc2ccc(Cl)cc2C#CCCC(=O)O)cc1. The number of hydrogen-bond acceptors (Lipinski definition) is 3. The molecule has 0 bridgehead atoms. The lowest BCUT2D eigenvalue weighted by molar-refractivity contribution is -0.136. The summed E-state index contributed by atoms with van der Waals surface area (Å²) in [5.41, 5.74) is 1.62. The smallest absolute Gasteiger partial charge is 0.304 e. The first kappa shape index (κ1) is 21.8. The van der Waals surface area contributed by atoms with Crippen LogP contribution in [0.5, 0.6) is 0 Å². The summed E-state index contributed by atoms with van der Waals surface area (Å²) in [4.78, 5) is 10.7. The van der Waals surface area contributed by atoms with Crippen molar-refractivity contribution in [2.24, 2.45) is 0 Å². The zero-order valence-electron chi connectivity index (χ0n) is 15.9. The Kier molecular flexibility index (Phi) is 6.76. The number of carbonyl (C=O) groups is 1. The highest BCUT2D eigenvalue weighted by Gasteiger charge is 2.18. The molecule has 0 aromatic heterocycles. The molecule has 0 unspecified atom stereocenters. The molecule has 0 aliphatic carbocycles. The second kappa shape index (κ2) is 8.68. The Morgan fingerprint density at radius 1 is 1.14 bits per heavy atom. The third-order valence-electron chi connectivity index (χ3n) is 3.94. The summed E-state index contributed by atoms with van der Waals surface area (Å²) in [6.45, 7) is 6.16. The second-order valence-corrected chi connectivity index (χ2v) is 9.38. The highest BCUT2D eigenvalue weighted by atomic mass is 35.5. The van der Waals surface area contributed by atoms with Crippen LogP contribution in [0.15, 0.2) is 47.4 Å². The van der Waals surface area contributed by atoms with Crippen molar-refractivity contribution in [2.75, 3.05) is 4.72 Å². The van der Waals surface area contributed by atoms with E-state index in [-0.39, 0.29) is 28.8 Å². The average molecular weight is 420 g/mol. The van der Waals surface area contributed by atoms with Crippen molar-refractivity contribution in [3.63, 3.8) is 0 Å². The van der Waals surface area contributed by atoms with E-state index in [1.54, 1.807) is 30.3 Å². The van der Waals surface area contributed by atoms with E-state index in [0.717, 1.165) is 5.56 Å². The van der Waals surface area contributed by atoms with Crippen LogP contribution in [-0.2, 0) is 20.2 Å². The van der Waals surface area contributed by atoms with E-state index in [0.29, 0.717) is 10.6 Å². The minimum Gasteiger partial charge on any atom is -0.481 e. The summed E-state index contributed by atoms with van der Waals surface area (Å²) in [7, 11) is -3.81. The van der Waals surface area contributed by atoms with Gasteiger partial charge in [0.05, 0.1) is 22.6 Å². The maximum atomic E-state index is 12.7. The highest BCUT2D eigenvalue weighted by Crippen LogP contribution is 2.26. The van der Waals surface area contributed by atoms with Gasteiger partial charge in [-0.2, -0.15) is 0 Å². The molecule has 0 fully saturated rings. The maximum absolute atomic E-state index is 12.7. The van der Waals surface area contributed by atoms with E-state index in [2.05, 4.69) is 37.3 Å². The van der Waals surface area contributed by atoms with E-state index in [9.17, 15) is 13.2 Å². The molecule has 5 nitrogen and oxygen atoms in total. The summed E-state index contributed by atoms with van der Waals surface area (Å²) < 4.78 is 28.0. The van der Waals surface area contributed by atoms with Gasteiger partial charge in [-0.3, -0.25) is 9.52 Å². The van der Waals surface area contributed by atoms with Crippen LogP contribution in [0, 0.1) is 11.8 Å². The Morgan fingerprint density at radius 3 is 2.36 bits per heavy atom. The van der Waals surface area contributed by atoms with Crippen LogP contribution >= 0.6 is 11.6 Å². The van der Waals surface area contributed by atoms with Crippen LogP contribution in [0.25, 0.3) is 0 Å². The molecule has 0 radical (unpaired) electrons. The lowest BCUT2D eigenvalue weighted by Gasteiger charge is -2.19. The molecule has 0 heterocycles. The number of halogens is 1. The molecule has 2 N–H and O–H groups in total. The maximum Gasteiger partial charge on any atom is 0.304 e. The van der Waals surface area contributed by atoms with Gasteiger partial charge in [0, 0.05) is 11.4 Å². The lowest BCUT2D eigenvalue weighted by atomic mass is 9.87. The van der Waals surface area contributed by atoms with Gasteiger partial charge < -0.3 is 5.11 Å². The van der Waals surface area contributed by atoms with Crippen molar-refractivity contribution in [1.82, 2.24) is 0 Å². The van der Waals surface area contributed by atoms with Gasteiger partial charge in [0.15, 0.2) is 0 Å². The standard InChI is InChI=1S/C21H22ClNO4S/c1-21(2,3)16-8-11-18(12-9-16)28(26,27)23-19-13-10-17(22)14-15(19)6-4-5-7-20(24)25/h8-14,23H,5,7H2,1-3H3,(H,24,25). The Balaban J connectivity index is 2.29. The van der Waals surface area contributed by atoms with Crippen LogP contribution in [0.1, 0.15) is 44.7 Å². The molecule has 0 saturated heterocycles. The van der Waals surface area contributed by atoms with E-state index in [4.69, 9.17) is 16.7 Å². The Morgan fingerprint density at radius 2 is 1.79 bits per heavy atom. The van der Waals surface area contributed by atoms with Gasteiger partial charge in [-0.1, -0.05) is 56.3 Å². The van der Waals surface area contributed by atoms with Crippen LogP contribution in [-0.4, -0.2) is 19.5 Å². The number of sulfonamides is 1. The number of nitrogens with one attached hydrogen (secondary N) is 1. The van der Waals surface area contributed by atoms with Crippen LogP contribution in [0.4, 0.5) is 5.69 Å². The molecule has 28 heavy (non-hydrogen) atoms. The number of hydrogen-bond donors (Lipinski definition) is 2. The van der Waals surface area contributed by atoms with Crippen LogP contribution < -0.4 is 4.72 Å². The second-order valence-electron chi connectivity index (χ2n) is 7.27. The van der Waals surface area contributed by atoms with Crippen LogP contribution in [0.3, 0.4) is 0 Å². The number of carboxylic acids is 1. The molecular weight excluding hydrogens is 398 g/mol. The monoisotopic (exact) mass is 419 g/mol.